The van der Waals surface area contributed by atoms with Gasteiger partial charge in [0.15, 0.2) is 0 Å². The Balaban J connectivity index is 1.81. The van der Waals surface area contributed by atoms with Crippen molar-refractivity contribution in [3.05, 3.63) is 35.9 Å². The van der Waals surface area contributed by atoms with Crippen molar-refractivity contribution in [2.45, 2.75) is 31.3 Å². The molecule has 0 aliphatic carbocycles. The zero-order valence-corrected chi connectivity index (χ0v) is 12.6. The van der Waals surface area contributed by atoms with E-state index < -0.39 is 12.0 Å². The van der Waals surface area contributed by atoms with E-state index in [4.69, 9.17) is 0 Å². The Morgan fingerprint density at radius 1 is 1.33 bits per heavy atom. The number of hydrogen-bond donors (Lipinski definition) is 3. The van der Waals surface area contributed by atoms with Crippen molar-refractivity contribution in [1.29, 1.82) is 0 Å². The van der Waals surface area contributed by atoms with E-state index in [1.807, 2.05) is 30.3 Å². The number of carbonyl (C=O) groups excluding carboxylic acids is 1. The van der Waals surface area contributed by atoms with Crippen molar-refractivity contribution in [3.63, 3.8) is 0 Å². The molecule has 1 saturated heterocycles. The van der Waals surface area contributed by atoms with Gasteiger partial charge in [-0.1, -0.05) is 30.3 Å². The lowest BCUT2D eigenvalue weighted by Gasteiger charge is -2.17. The summed E-state index contributed by atoms with van der Waals surface area (Å²) in [6.07, 6.45) is 1.95. The van der Waals surface area contributed by atoms with Gasteiger partial charge in [-0.15, -0.1) is 0 Å². The highest BCUT2D eigenvalue weighted by atomic mass is 32.2. The van der Waals surface area contributed by atoms with E-state index in [0.29, 0.717) is 12.8 Å². The van der Waals surface area contributed by atoms with Crippen LogP contribution in [0.15, 0.2) is 30.3 Å². The first-order chi connectivity index (χ1) is 10.1. The molecule has 0 saturated carbocycles. The van der Waals surface area contributed by atoms with Crippen molar-refractivity contribution in [2.24, 2.45) is 0 Å². The van der Waals surface area contributed by atoms with Gasteiger partial charge in [0.05, 0.1) is 0 Å². The lowest BCUT2D eigenvalue weighted by Crippen LogP contribution is -2.49. The monoisotopic (exact) mass is 308 g/mol. The van der Waals surface area contributed by atoms with Crippen LogP contribution < -0.4 is 10.6 Å². The van der Waals surface area contributed by atoms with E-state index in [0.717, 1.165) is 23.5 Å². The minimum Gasteiger partial charge on any atom is -0.480 e. The Kier molecular flexibility index (Phi) is 5.92. The van der Waals surface area contributed by atoms with Crippen molar-refractivity contribution in [1.82, 2.24) is 10.6 Å². The molecule has 2 amide bonds. The SMILES string of the molecule is O=C(NC1CCSC1)N[C@@H](CCc1ccccc1)C(=O)O. The second-order valence-electron chi connectivity index (χ2n) is 5.09. The third kappa shape index (κ3) is 5.30. The maximum atomic E-state index is 11.8. The van der Waals surface area contributed by atoms with Gasteiger partial charge in [0, 0.05) is 11.8 Å². The molecule has 0 aromatic heterocycles. The number of carbonyl (C=O) groups is 2. The molecule has 1 heterocycles. The van der Waals surface area contributed by atoms with Crippen LogP contribution in [0.25, 0.3) is 0 Å². The molecule has 2 rings (SSSR count). The summed E-state index contributed by atoms with van der Waals surface area (Å²) in [5, 5.41) is 14.6. The molecule has 2 atom stereocenters. The second-order valence-corrected chi connectivity index (χ2v) is 6.24. The van der Waals surface area contributed by atoms with Crippen LogP contribution in [0.1, 0.15) is 18.4 Å². The Bertz CT molecular complexity index is 475. The van der Waals surface area contributed by atoms with Gasteiger partial charge in [-0.3, -0.25) is 0 Å². The first-order valence-electron chi connectivity index (χ1n) is 7.06. The molecule has 1 aliphatic rings. The summed E-state index contributed by atoms with van der Waals surface area (Å²) in [5.41, 5.74) is 1.07. The number of rotatable bonds is 6. The van der Waals surface area contributed by atoms with Gasteiger partial charge in [-0.25, -0.2) is 9.59 Å². The minimum absolute atomic E-state index is 0.151. The summed E-state index contributed by atoms with van der Waals surface area (Å²) < 4.78 is 0. The number of nitrogens with one attached hydrogen (secondary N) is 2. The molecule has 6 heteroatoms. The van der Waals surface area contributed by atoms with Gasteiger partial charge in [-0.05, 0) is 30.6 Å². The molecule has 21 heavy (non-hydrogen) atoms. The fourth-order valence-electron chi connectivity index (χ4n) is 2.25. The maximum absolute atomic E-state index is 11.8. The average molecular weight is 308 g/mol. The zero-order chi connectivity index (χ0) is 15.1. The highest BCUT2D eigenvalue weighted by Gasteiger charge is 2.22. The lowest BCUT2D eigenvalue weighted by atomic mass is 10.1. The Morgan fingerprint density at radius 2 is 2.10 bits per heavy atom. The van der Waals surface area contributed by atoms with Gasteiger partial charge in [0.25, 0.3) is 0 Å². The van der Waals surface area contributed by atoms with Crippen LogP contribution in [0.3, 0.4) is 0 Å². The fourth-order valence-corrected chi connectivity index (χ4v) is 3.40. The number of carboxylic acids is 1. The number of benzene rings is 1. The van der Waals surface area contributed by atoms with Crippen molar-refractivity contribution < 1.29 is 14.7 Å². The van der Waals surface area contributed by atoms with E-state index in [1.165, 1.54) is 0 Å². The fraction of sp³-hybridized carbons (Fsp3) is 0.467. The summed E-state index contributed by atoms with van der Waals surface area (Å²) in [5.74, 6) is 0.943. The third-order valence-corrected chi connectivity index (χ3v) is 4.60. The van der Waals surface area contributed by atoms with E-state index in [9.17, 15) is 14.7 Å². The van der Waals surface area contributed by atoms with E-state index in [-0.39, 0.29) is 12.1 Å². The molecule has 1 aromatic carbocycles. The number of thioether (sulfide) groups is 1. The predicted octanol–water partition coefficient (Wildman–Crippen LogP) is 1.88. The van der Waals surface area contributed by atoms with E-state index in [2.05, 4.69) is 10.6 Å². The molecule has 1 fully saturated rings. The normalized spacial score (nSPS) is 19.0. The van der Waals surface area contributed by atoms with Crippen molar-refractivity contribution in [3.8, 4) is 0 Å². The van der Waals surface area contributed by atoms with Crippen molar-refractivity contribution >= 4 is 23.8 Å². The molecular formula is C15H20N2O3S. The molecule has 3 N–H and O–H groups in total. The first-order valence-corrected chi connectivity index (χ1v) is 8.22. The van der Waals surface area contributed by atoms with Crippen LogP contribution in [-0.4, -0.2) is 40.7 Å². The molecule has 114 valence electrons. The minimum atomic E-state index is -0.998. The van der Waals surface area contributed by atoms with Gasteiger partial charge in [-0.2, -0.15) is 11.8 Å². The molecule has 0 spiro atoms. The van der Waals surface area contributed by atoms with Gasteiger partial charge in [0.2, 0.25) is 0 Å². The topological polar surface area (TPSA) is 78.4 Å². The highest BCUT2D eigenvalue weighted by molar-refractivity contribution is 7.99. The smallest absolute Gasteiger partial charge is 0.326 e. The highest BCUT2D eigenvalue weighted by Crippen LogP contribution is 2.16. The largest absolute Gasteiger partial charge is 0.480 e. The van der Waals surface area contributed by atoms with Crippen LogP contribution in [0.5, 0.6) is 0 Å². The van der Waals surface area contributed by atoms with E-state index in [1.54, 1.807) is 11.8 Å². The molecule has 0 radical (unpaired) electrons. The maximum Gasteiger partial charge on any atom is 0.326 e. The standard InChI is InChI=1S/C15H20N2O3S/c18-14(19)13(7-6-11-4-2-1-3-5-11)17-15(20)16-12-8-9-21-10-12/h1-5,12-13H,6-10H2,(H,18,19)(H2,16,17,20)/t12?,13-/m0/s1. The molecule has 1 aliphatic heterocycles. The molecule has 1 unspecified atom stereocenters. The molecule has 1 aromatic rings. The Hall–Kier alpha value is -1.69. The summed E-state index contributed by atoms with van der Waals surface area (Å²) in [4.78, 5) is 23.1. The first kappa shape index (κ1) is 15.7. The number of urea groups is 1. The number of aryl methyl sites for hydroxylation is 1. The summed E-state index contributed by atoms with van der Waals surface area (Å²) in [6.45, 7) is 0. The van der Waals surface area contributed by atoms with Crippen LogP contribution in [0.2, 0.25) is 0 Å². The van der Waals surface area contributed by atoms with E-state index >= 15 is 0 Å². The Labute approximate surface area is 128 Å². The summed E-state index contributed by atoms with van der Waals surface area (Å²) in [7, 11) is 0. The summed E-state index contributed by atoms with van der Waals surface area (Å²) >= 11 is 1.80. The van der Waals surface area contributed by atoms with Gasteiger partial charge in [0.1, 0.15) is 6.04 Å². The van der Waals surface area contributed by atoms with Gasteiger partial charge < -0.3 is 15.7 Å². The van der Waals surface area contributed by atoms with Gasteiger partial charge >= 0.3 is 12.0 Å². The van der Waals surface area contributed by atoms with Crippen LogP contribution >= 0.6 is 11.8 Å². The lowest BCUT2D eigenvalue weighted by molar-refractivity contribution is -0.139. The van der Waals surface area contributed by atoms with Crippen molar-refractivity contribution in [2.75, 3.05) is 11.5 Å². The molecule has 5 nitrogen and oxygen atoms in total. The zero-order valence-electron chi connectivity index (χ0n) is 11.7. The second kappa shape index (κ2) is 7.93. The Morgan fingerprint density at radius 3 is 2.71 bits per heavy atom. The predicted molar refractivity (Wildman–Crippen MR) is 83.6 cm³/mol. The molecular weight excluding hydrogens is 288 g/mol. The number of carboxylic acid groups (broad SMARTS) is 1. The number of amides is 2. The van der Waals surface area contributed by atoms with Crippen LogP contribution in [0.4, 0.5) is 4.79 Å². The van der Waals surface area contributed by atoms with Crippen LogP contribution in [-0.2, 0) is 11.2 Å². The molecule has 0 bridgehead atoms. The average Bonchev–Trinajstić information content (AvgIpc) is 2.97. The number of aliphatic carboxylic acids is 1. The third-order valence-electron chi connectivity index (χ3n) is 3.43. The quantitative estimate of drug-likeness (QED) is 0.750. The summed E-state index contributed by atoms with van der Waals surface area (Å²) in [6, 6.07) is 8.57. The van der Waals surface area contributed by atoms with Crippen LogP contribution in [0, 0.1) is 0 Å². The number of hydrogen-bond acceptors (Lipinski definition) is 3.